The molecule has 25 heavy (non-hydrogen) atoms. The van der Waals surface area contributed by atoms with Crippen molar-refractivity contribution in [3.05, 3.63) is 48.5 Å². The molecule has 0 spiro atoms. The number of hydrogen-bond donors (Lipinski definition) is 0. The molecule has 134 valence electrons. The lowest BCUT2D eigenvalue weighted by Crippen LogP contribution is -2.50. The Balaban J connectivity index is 1.41. The Morgan fingerprint density at radius 2 is 1.76 bits per heavy atom. The molecular formula is C19H27N5O. The summed E-state index contributed by atoms with van der Waals surface area (Å²) in [7, 11) is 1.85. The second kappa shape index (κ2) is 8.27. The lowest BCUT2D eigenvalue weighted by molar-refractivity contribution is -0.119. The number of carbonyl (C=O) groups is 1. The third kappa shape index (κ3) is 4.67. The van der Waals surface area contributed by atoms with Gasteiger partial charge in [-0.25, -0.2) is 4.98 Å². The molecular weight excluding hydrogens is 314 g/mol. The van der Waals surface area contributed by atoms with E-state index in [-0.39, 0.29) is 5.91 Å². The predicted molar refractivity (Wildman–Crippen MR) is 99.7 cm³/mol. The Bertz CT molecular complexity index is 676. The quantitative estimate of drug-likeness (QED) is 0.798. The third-order valence-corrected chi connectivity index (χ3v) is 4.92. The van der Waals surface area contributed by atoms with Crippen molar-refractivity contribution >= 4 is 11.6 Å². The summed E-state index contributed by atoms with van der Waals surface area (Å²) in [6.07, 6.45) is 3.88. The van der Waals surface area contributed by atoms with Gasteiger partial charge in [0.25, 0.3) is 0 Å². The van der Waals surface area contributed by atoms with E-state index in [2.05, 4.69) is 19.4 Å². The first-order valence-corrected chi connectivity index (χ1v) is 8.87. The Morgan fingerprint density at radius 3 is 2.40 bits per heavy atom. The number of amides is 1. The van der Waals surface area contributed by atoms with E-state index in [0.717, 1.165) is 50.8 Å². The Morgan fingerprint density at radius 1 is 1.08 bits per heavy atom. The van der Waals surface area contributed by atoms with Gasteiger partial charge in [-0.15, -0.1) is 0 Å². The van der Waals surface area contributed by atoms with Crippen molar-refractivity contribution in [3.8, 4) is 0 Å². The van der Waals surface area contributed by atoms with Gasteiger partial charge in [-0.2, -0.15) is 0 Å². The van der Waals surface area contributed by atoms with E-state index in [1.54, 1.807) is 4.90 Å². The molecule has 1 saturated heterocycles. The number of rotatable bonds is 6. The lowest BCUT2D eigenvalue weighted by Gasteiger charge is -2.35. The van der Waals surface area contributed by atoms with Crippen LogP contribution in [0, 0.1) is 6.92 Å². The summed E-state index contributed by atoms with van der Waals surface area (Å²) in [5, 5.41) is 0. The van der Waals surface area contributed by atoms with Crippen LogP contribution in [0.1, 0.15) is 5.82 Å². The zero-order valence-corrected chi connectivity index (χ0v) is 15.1. The summed E-state index contributed by atoms with van der Waals surface area (Å²) in [6.45, 7) is 8.43. The van der Waals surface area contributed by atoms with Crippen LogP contribution in [0.5, 0.6) is 0 Å². The van der Waals surface area contributed by atoms with Crippen molar-refractivity contribution in [2.24, 2.45) is 0 Å². The second-order valence-corrected chi connectivity index (χ2v) is 6.57. The van der Waals surface area contributed by atoms with E-state index in [1.807, 2.05) is 56.7 Å². The number of aryl methyl sites for hydroxylation is 1. The Labute approximate surface area is 149 Å². The van der Waals surface area contributed by atoms with Crippen LogP contribution in [-0.4, -0.2) is 71.6 Å². The van der Waals surface area contributed by atoms with Crippen molar-refractivity contribution in [2.45, 2.75) is 13.5 Å². The van der Waals surface area contributed by atoms with E-state index in [4.69, 9.17) is 0 Å². The SMILES string of the molecule is Cc1nccn1CCN1CCN(CC(=O)N(C)c2ccccc2)CC1. The summed E-state index contributed by atoms with van der Waals surface area (Å²) in [4.78, 5) is 23.2. The molecule has 0 aliphatic carbocycles. The number of imidazole rings is 1. The van der Waals surface area contributed by atoms with Crippen LogP contribution >= 0.6 is 0 Å². The second-order valence-electron chi connectivity index (χ2n) is 6.57. The highest BCUT2D eigenvalue weighted by Crippen LogP contribution is 2.12. The van der Waals surface area contributed by atoms with Gasteiger partial charge in [0.15, 0.2) is 0 Å². The maximum atomic E-state index is 12.5. The fraction of sp³-hybridized carbons (Fsp3) is 0.474. The molecule has 0 N–H and O–H groups in total. The normalized spacial score (nSPS) is 16.1. The van der Waals surface area contributed by atoms with Gasteiger partial charge in [0.05, 0.1) is 6.54 Å². The zero-order valence-electron chi connectivity index (χ0n) is 15.1. The first kappa shape index (κ1) is 17.6. The number of nitrogens with zero attached hydrogens (tertiary/aromatic N) is 5. The molecule has 1 fully saturated rings. The molecule has 1 amide bonds. The van der Waals surface area contributed by atoms with Crippen LogP contribution in [0.25, 0.3) is 0 Å². The van der Waals surface area contributed by atoms with Crippen molar-refractivity contribution in [3.63, 3.8) is 0 Å². The Hall–Kier alpha value is -2.18. The van der Waals surface area contributed by atoms with Crippen LogP contribution < -0.4 is 4.90 Å². The molecule has 6 nitrogen and oxygen atoms in total. The number of carbonyl (C=O) groups excluding carboxylic acids is 1. The minimum atomic E-state index is 0.147. The van der Waals surface area contributed by atoms with E-state index in [1.165, 1.54) is 0 Å². The van der Waals surface area contributed by atoms with Crippen LogP contribution in [-0.2, 0) is 11.3 Å². The maximum absolute atomic E-state index is 12.5. The van der Waals surface area contributed by atoms with Gasteiger partial charge in [0.1, 0.15) is 5.82 Å². The van der Waals surface area contributed by atoms with Crippen molar-refractivity contribution in [1.82, 2.24) is 19.4 Å². The number of hydrogen-bond acceptors (Lipinski definition) is 4. The summed E-state index contributed by atoms with van der Waals surface area (Å²) in [5.74, 6) is 1.21. The van der Waals surface area contributed by atoms with Gasteiger partial charge >= 0.3 is 0 Å². The fourth-order valence-corrected chi connectivity index (χ4v) is 3.15. The van der Waals surface area contributed by atoms with Crippen molar-refractivity contribution in [1.29, 1.82) is 0 Å². The number of para-hydroxylation sites is 1. The number of anilines is 1. The van der Waals surface area contributed by atoms with E-state index in [0.29, 0.717) is 6.54 Å². The molecule has 6 heteroatoms. The van der Waals surface area contributed by atoms with Crippen LogP contribution in [0.15, 0.2) is 42.7 Å². The smallest absolute Gasteiger partial charge is 0.240 e. The summed E-state index contributed by atoms with van der Waals surface area (Å²) in [6, 6.07) is 9.81. The minimum Gasteiger partial charge on any atom is -0.334 e. The molecule has 1 aromatic heterocycles. The molecule has 1 aromatic carbocycles. The van der Waals surface area contributed by atoms with Gasteiger partial charge in [-0.05, 0) is 19.1 Å². The van der Waals surface area contributed by atoms with Crippen LogP contribution in [0.4, 0.5) is 5.69 Å². The molecule has 1 aliphatic heterocycles. The molecule has 2 aromatic rings. The standard InChI is InChI=1S/C19H27N5O/c1-17-20-8-9-24(17)15-14-22-10-12-23(13-11-22)16-19(25)21(2)18-6-4-3-5-7-18/h3-9H,10-16H2,1-2H3. The number of likely N-dealkylation sites (N-methyl/N-ethyl adjacent to an activating group) is 1. The van der Waals surface area contributed by atoms with Gasteiger partial charge in [0, 0.05) is 64.4 Å². The average molecular weight is 341 g/mol. The zero-order chi connectivity index (χ0) is 17.6. The highest BCUT2D eigenvalue weighted by atomic mass is 16.2. The van der Waals surface area contributed by atoms with Gasteiger partial charge in [-0.1, -0.05) is 18.2 Å². The topological polar surface area (TPSA) is 44.6 Å². The van der Waals surface area contributed by atoms with Gasteiger partial charge in [0.2, 0.25) is 5.91 Å². The monoisotopic (exact) mass is 341 g/mol. The summed E-state index contributed by atoms with van der Waals surface area (Å²) < 4.78 is 2.19. The van der Waals surface area contributed by atoms with E-state index >= 15 is 0 Å². The highest BCUT2D eigenvalue weighted by molar-refractivity contribution is 5.94. The number of aromatic nitrogens is 2. The molecule has 0 atom stereocenters. The minimum absolute atomic E-state index is 0.147. The predicted octanol–water partition coefficient (Wildman–Crippen LogP) is 1.47. The first-order chi connectivity index (χ1) is 12.1. The highest BCUT2D eigenvalue weighted by Gasteiger charge is 2.20. The van der Waals surface area contributed by atoms with Crippen molar-refractivity contribution in [2.75, 3.05) is 51.2 Å². The lowest BCUT2D eigenvalue weighted by atomic mass is 10.2. The third-order valence-electron chi connectivity index (χ3n) is 4.92. The molecule has 0 saturated carbocycles. The molecule has 0 radical (unpaired) electrons. The molecule has 2 heterocycles. The summed E-state index contributed by atoms with van der Waals surface area (Å²) in [5.41, 5.74) is 0.946. The average Bonchev–Trinajstić information content (AvgIpc) is 3.06. The molecule has 1 aliphatic rings. The number of benzene rings is 1. The number of piperazine rings is 1. The van der Waals surface area contributed by atoms with Crippen LogP contribution in [0.3, 0.4) is 0 Å². The maximum Gasteiger partial charge on any atom is 0.240 e. The van der Waals surface area contributed by atoms with Gasteiger partial charge in [-0.3, -0.25) is 14.6 Å². The largest absolute Gasteiger partial charge is 0.334 e. The molecule has 0 bridgehead atoms. The van der Waals surface area contributed by atoms with Crippen molar-refractivity contribution < 1.29 is 4.79 Å². The van der Waals surface area contributed by atoms with Gasteiger partial charge < -0.3 is 9.47 Å². The Kier molecular flexibility index (Phi) is 5.83. The first-order valence-electron chi connectivity index (χ1n) is 8.87. The van der Waals surface area contributed by atoms with E-state index < -0.39 is 0 Å². The molecule has 0 unspecified atom stereocenters. The van der Waals surface area contributed by atoms with E-state index in [9.17, 15) is 4.79 Å². The fourth-order valence-electron chi connectivity index (χ4n) is 3.15. The summed E-state index contributed by atoms with van der Waals surface area (Å²) >= 11 is 0. The molecule has 3 rings (SSSR count). The van der Waals surface area contributed by atoms with Crippen LogP contribution in [0.2, 0.25) is 0 Å².